The molecule has 0 amide bonds. The molecule has 0 N–H and O–H groups in total. The molecule has 10 nitrogen and oxygen atoms in total. The van der Waals surface area contributed by atoms with Gasteiger partial charge in [-0.3, -0.25) is 19.5 Å². The third kappa shape index (κ3) is 5.77. The number of carbonyl (C=O) groups is 1. The summed E-state index contributed by atoms with van der Waals surface area (Å²) in [5, 5.41) is 12.1. The predicted molar refractivity (Wildman–Crippen MR) is 177 cm³/mol. The van der Waals surface area contributed by atoms with Gasteiger partial charge in [0.2, 0.25) is 0 Å². The lowest BCUT2D eigenvalue weighted by atomic mass is 9.95. The number of carbonyl (C=O) groups excluding carboxylic acids is 1. The molecule has 0 saturated carbocycles. The maximum Gasteiger partial charge on any atom is 0.338 e. The van der Waals surface area contributed by atoms with Crippen molar-refractivity contribution in [2.45, 2.75) is 46.4 Å². The molecule has 0 unspecified atom stereocenters. The highest BCUT2D eigenvalue weighted by Gasteiger charge is 2.35. The number of ether oxygens (including phenoxy) is 2. The van der Waals surface area contributed by atoms with Crippen molar-refractivity contribution >= 4 is 40.0 Å². The Labute approximate surface area is 268 Å². The number of allylic oxidation sites excluding steroid dienone is 1. The Balaban J connectivity index is 1.50. The zero-order valence-electron chi connectivity index (χ0n) is 25.8. The fraction of sp³-hybridized carbons (Fsp3) is 0.229. The van der Waals surface area contributed by atoms with Gasteiger partial charge in [0.1, 0.15) is 11.8 Å². The van der Waals surface area contributed by atoms with Crippen LogP contribution in [0.2, 0.25) is 0 Å². The second-order valence-corrected chi connectivity index (χ2v) is 12.2. The van der Waals surface area contributed by atoms with Gasteiger partial charge in [-0.1, -0.05) is 59.9 Å². The molecule has 3 aromatic carbocycles. The molecule has 1 atom stereocenters. The van der Waals surface area contributed by atoms with E-state index in [4.69, 9.17) is 14.5 Å². The number of rotatable bonds is 9. The van der Waals surface area contributed by atoms with Gasteiger partial charge in [-0.05, 0) is 51.5 Å². The van der Waals surface area contributed by atoms with Crippen molar-refractivity contribution < 1.29 is 19.2 Å². The standard InChI is InChI=1S/C35H32N4O6S/c1-5-44-34(41)31-22(4)36-35-38(32(31)27-11-7-9-13-29(27)45-21(2)3)33(40)30(46-35)18-24-20-37(28-12-8-6-10-26(24)28)19-23-14-16-25(17-15-23)39(42)43/h6-18,20-21,32H,5,19H2,1-4H3/b30-18-/t32-/m1/s1. The SMILES string of the molecule is CCOC(=O)C1=C(C)N=c2s/c(=C\c3cn(Cc4ccc([N+](=O)[O-])cc4)c4ccccc34)c(=O)n2[C@@H]1c1ccccc1OC(C)C. The summed E-state index contributed by atoms with van der Waals surface area (Å²) in [5.41, 5.74) is 3.89. The van der Waals surface area contributed by atoms with E-state index in [1.165, 1.54) is 23.5 Å². The molecule has 5 aromatic rings. The lowest BCUT2D eigenvalue weighted by molar-refractivity contribution is -0.384. The quantitative estimate of drug-likeness (QED) is 0.120. The highest BCUT2D eigenvalue weighted by molar-refractivity contribution is 7.07. The van der Waals surface area contributed by atoms with Crippen LogP contribution in [-0.2, 0) is 16.1 Å². The first-order valence-corrected chi connectivity index (χ1v) is 15.7. The molecule has 1 aliphatic heterocycles. The average molecular weight is 637 g/mol. The van der Waals surface area contributed by atoms with E-state index in [2.05, 4.69) is 4.57 Å². The van der Waals surface area contributed by atoms with Crippen LogP contribution in [0.3, 0.4) is 0 Å². The Kier molecular flexibility index (Phi) is 8.42. The summed E-state index contributed by atoms with van der Waals surface area (Å²) in [7, 11) is 0. The first-order chi connectivity index (χ1) is 22.2. The molecule has 11 heteroatoms. The minimum atomic E-state index is -0.795. The van der Waals surface area contributed by atoms with Gasteiger partial charge >= 0.3 is 5.97 Å². The number of para-hydroxylation sites is 2. The van der Waals surface area contributed by atoms with E-state index in [1.54, 1.807) is 30.5 Å². The van der Waals surface area contributed by atoms with Gasteiger partial charge in [0.25, 0.3) is 11.2 Å². The fourth-order valence-corrected chi connectivity index (χ4v) is 6.77. The molecule has 3 heterocycles. The van der Waals surface area contributed by atoms with Crippen LogP contribution in [0.5, 0.6) is 5.75 Å². The average Bonchev–Trinajstić information content (AvgIpc) is 3.53. The van der Waals surface area contributed by atoms with Gasteiger partial charge in [0, 0.05) is 46.9 Å². The first kappa shape index (κ1) is 30.7. The molecule has 6 rings (SSSR count). The maximum absolute atomic E-state index is 14.3. The zero-order chi connectivity index (χ0) is 32.5. The van der Waals surface area contributed by atoms with Crippen LogP contribution >= 0.6 is 11.3 Å². The normalized spacial score (nSPS) is 14.8. The second kappa shape index (κ2) is 12.6. The van der Waals surface area contributed by atoms with Crippen LogP contribution in [0.4, 0.5) is 5.69 Å². The maximum atomic E-state index is 14.3. The lowest BCUT2D eigenvalue weighted by Gasteiger charge is -2.26. The number of hydrogen-bond acceptors (Lipinski definition) is 8. The number of nitrogens with zero attached hydrogens (tertiary/aromatic N) is 4. The fourth-order valence-electron chi connectivity index (χ4n) is 5.74. The number of hydrogen-bond donors (Lipinski definition) is 0. The number of non-ortho nitro benzene ring substituents is 1. The van der Waals surface area contributed by atoms with Crippen LogP contribution in [0.15, 0.2) is 100 Å². The van der Waals surface area contributed by atoms with E-state index in [0.29, 0.717) is 38.5 Å². The van der Waals surface area contributed by atoms with Crippen molar-refractivity contribution in [3.8, 4) is 5.75 Å². The Bertz CT molecular complexity index is 2190. The minimum Gasteiger partial charge on any atom is -0.491 e. The van der Waals surface area contributed by atoms with Crippen molar-refractivity contribution in [2.24, 2.45) is 4.99 Å². The van der Waals surface area contributed by atoms with E-state index in [0.717, 1.165) is 22.0 Å². The molecule has 46 heavy (non-hydrogen) atoms. The molecule has 234 valence electrons. The summed E-state index contributed by atoms with van der Waals surface area (Å²) < 4.78 is 15.7. The van der Waals surface area contributed by atoms with Crippen molar-refractivity contribution in [1.29, 1.82) is 0 Å². The molecule has 0 radical (unpaired) electrons. The minimum absolute atomic E-state index is 0.0372. The lowest BCUT2D eigenvalue weighted by Crippen LogP contribution is -2.40. The smallest absolute Gasteiger partial charge is 0.338 e. The molecule has 0 saturated heterocycles. The van der Waals surface area contributed by atoms with Crippen molar-refractivity contribution in [2.75, 3.05) is 6.61 Å². The number of nitro benzene ring substituents is 1. The van der Waals surface area contributed by atoms with E-state index >= 15 is 0 Å². The van der Waals surface area contributed by atoms with Crippen LogP contribution in [-0.4, -0.2) is 32.7 Å². The molecular formula is C35H32N4O6S. The van der Waals surface area contributed by atoms with Gasteiger partial charge < -0.3 is 14.0 Å². The number of fused-ring (bicyclic) bond motifs is 2. The van der Waals surface area contributed by atoms with Crippen molar-refractivity contribution in [3.63, 3.8) is 0 Å². The van der Waals surface area contributed by atoms with E-state index in [1.807, 2.05) is 74.7 Å². The number of aromatic nitrogens is 2. The summed E-state index contributed by atoms with van der Waals surface area (Å²) in [4.78, 5) is 43.5. The number of nitro groups is 1. The highest BCUT2D eigenvalue weighted by atomic mass is 32.1. The Morgan fingerprint density at radius 1 is 1.09 bits per heavy atom. The summed E-state index contributed by atoms with van der Waals surface area (Å²) in [6.07, 6.45) is 3.70. The molecular weight excluding hydrogens is 604 g/mol. The Morgan fingerprint density at radius 3 is 2.52 bits per heavy atom. The molecule has 1 aliphatic rings. The van der Waals surface area contributed by atoms with E-state index in [-0.39, 0.29) is 24.0 Å². The van der Waals surface area contributed by atoms with Gasteiger partial charge in [-0.25, -0.2) is 9.79 Å². The second-order valence-electron chi connectivity index (χ2n) is 11.2. The third-order valence-corrected chi connectivity index (χ3v) is 8.68. The van der Waals surface area contributed by atoms with Crippen LogP contribution in [0.1, 0.15) is 50.4 Å². The topological polar surface area (TPSA) is 118 Å². The summed E-state index contributed by atoms with van der Waals surface area (Å²) in [6.45, 7) is 8.02. The van der Waals surface area contributed by atoms with Crippen LogP contribution in [0.25, 0.3) is 17.0 Å². The highest BCUT2D eigenvalue weighted by Crippen LogP contribution is 2.36. The monoisotopic (exact) mass is 636 g/mol. The molecule has 0 bridgehead atoms. The number of esters is 1. The zero-order valence-corrected chi connectivity index (χ0v) is 26.6. The summed E-state index contributed by atoms with van der Waals surface area (Å²) >= 11 is 1.26. The summed E-state index contributed by atoms with van der Waals surface area (Å²) in [6, 6.07) is 21.0. The van der Waals surface area contributed by atoms with Gasteiger partial charge in [0.05, 0.1) is 33.4 Å². The van der Waals surface area contributed by atoms with Crippen LogP contribution in [0, 0.1) is 10.1 Å². The molecule has 0 fully saturated rings. The van der Waals surface area contributed by atoms with Gasteiger partial charge in [-0.15, -0.1) is 0 Å². The van der Waals surface area contributed by atoms with Gasteiger partial charge in [-0.2, -0.15) is 0 Å². The van der Waals surface area contributed by atoms with Crippen LogP contribution < -0.4 is 19.6 Å². The predicted octanol–water partition coefficient (Wildman–Crippen LogP) is 5.50. The number of benzene rings is 3. The summed E-state index contributed by atoms with van der Waals surface area (Å²) in [5.74, 6) is 0.0413. The first-order valence-electron chi connectivity index (χ1n) is 14.9. The van der Waals surface area contributed by atoms with Gasteiger partial charge in [0.15, 0.2) is 4.80 Å². The number of thiazole rings is 1. The Morgan fingerprint density at radius 2 is 1.80 bits per heavy atom. The largest absolute Gasteiger partial charge is 0.491 e. The molecule has 2 aromatic heterocycles. The molecule has 0 spiro atoms. The van der Waals surface area contributed by atoms with Crippen molar-refractivity contribution in [1.82, 2.24) is 9.13 Å². The Hall–Kier alpha value is -5.29. The molecule has 0 aliphatic carbocycles. The third-order valence-electron chi connectivity index (χ3n) is 7.70. The van der Waals surface area contributed by atoms with E-state index < -0.39 is 16.9 Å². The van der Waals surface area contributed by atoms with E-state index in [9.17, 15) is 19.7 Å². The van der Waals surface area contributed by atoms with Crippen molar-refractivity contribution in [3.05, 3.63) is 137 Å².